The molecule has 1 fully saturated rings. The molecule has 1 aromatic rings. The van der Waals surface area contributed by atoms with Crippen LogP contribution in [0.3, 0.4) is 0 Å². The lowest BCUT2D eigenvalue weighted by Gasteiger charge is -2.41. The van der Waals surface area contributed by atoms with Gasteiger partial charge < -0.3 is 5.32 Å². The Morgan fingerprint density at radius 2 is 2.14 bits per heavy atom. The van der Waals surface area contributed by atoms with Gasteiger partial charge in [-0.05, 0) is 83.9 Å². The van der Waals surface area contributed by atoms with Crippen LogP contribution in [0.1, 0.15) is 51.8 Å². The average molecular weight is 372 g/mol. The second-order valence-electron chi connectivity index (χ2n) is 7.91. The minimum atomic E-state index is 0.522. The van der Waals surface area contributed by atoms with E-state index in [2.05, 4.69) is 60.4 Å². The molecule has 120 valence electrons. The molecule has 2 rings (SSSR count). The van der Waals surface area contributed by atoms with E-state index in [0.717, 1.165) is 24.3 Å². The van der Waals surface area contributed by atoms with Crippen molar-refractivity contribution in [2.24, 2.45) is 23.2 Å². The second kappa shape index (κ2) is 7.61. The van der Waals surface area contributed by atoms with Gasteiger partial charge in [0.05, 0.1) is 0 Å². The Labute approximate surface area is 143 Å². The third-order valence-corrected chi connectivity index (χ3v) is 6.44. The van der Waals surface area contributed by atoms with Gasteiger partial charge in [-0.1, -0.05) is 27.7 Å². The Kier molecular flexibility index (Phi) is 6.34. The molecule has 1 saturated carbocycles. The zero-order valence-corrected chi connectivity index (χ0v) is 16.3. The molecule has 2 unspecified atom stereocenters. The number of hydrogen-bond acceptors (Lipinski definition) is 2. The van der Waals surface area contributed by atoms with Crippen LogP contribution in [0.25, 0.3) is 0 Å². The zero-order chi connectivity index (χ0) is 15.5. The summed E-state index contributed by atoms with van der Waals surface area (Å²) in [6, 6.07) is 2.31. The molecule has 1 nitrogen and oxygen atoms in total. The van der Waals surface area contributed by atoms with Gasteiger partial charge in [0, 0.05) is 14.7 Å². The molecule has 21 heavy (non-hydrogen) atoms. The summed E-state index contributed by atoms with van der Waals surface area (Å²) in [6.45, 7) is 11.8. The highest BCUT2D eigenvalue weighted by Crippen LogP contribution is 2.43. The Balaban J connectivity index is 1.96. The Morgan fingerprint density at radius 1 is 1.38 bits per heavy atom. The SMILES string of the molecule is CC(C)CNCC1CCC(C)(C)CC1Cc1cc(Br)cs1. The van der Waals surface area contributed by atoms with Crippen molar-refractivity contribution in [2.45, 2.75) is 53.4 Å². The van der Waals surface area contributed by atoms with E-state index >= 15 is 0 Å². The van der Waals surface area contributed by atoms with Crippen molar-refractivity contribution in [1.29, 1.82) is 0 Å². The molecule has 0 aliphatic heterocycles. The molecule has 3 heteroatoms. The molecule has 2 atom stereocenters. The maximum Gasteiger partial charge on any atom is 0.0285 e. The molecule has 0 bridgehead atoms. The van der Waals surface area contributed by atoms with Crippen LogP contribution in [0.5, 0.6) is 0 Å². The predicted octanol–water partition coefficient (Wildman–Crippen LogP) is 5.74. The van der Waals surface area contributed by atoms with Gasteiger partial charge in [0.1, 0.15) is 0 Å². The molecular formula is C18H30BrNS. The molecule has 1 N–H and O–H groups in total. The molecule has 0 spiro atoms. The van der Waals surface area contributed by atoms with Crippen LogP contribution in [0.15, 0.2) is 15.9 Å². The largest absolute Gasteiger partial charge is 0.316 e. The molecule has 0 radical (unpaired) electrons. The summed E-state index contributed by atoms with van der Waals surface area (Å²) in [7, 11) is 0. The maximum atomic E-state index is 3.70. The Morgan fingerprint density at radius 3 is 2.76 bits per heavy atom. The monoisotopic (exact) mass is 371 g/mol. The first-order chi connectivity index (χ1) is 9.85. The van der Waals surface area contributed by atoms with Gasteiger partial charge in [-0.2, -0.15) is 0 Å². The molecule has 1 aliphatic rings. The van der Waals surface area contributed by atoms with E-state index in [1.807, 2.05) is 11.3 Å². The molecule has 0 saturated heterocycles. The van der Waals surface area contributed by atoms with Crippen LogP contribution in [0.2, 0.25) is 0 Å². The summed E-state index contributed by atoms with van der Waals surface area (Å²) in [6.07, 6.45) is 5.39. The van der Waals surface area contributed by atoms with Crippen LogP contribution in [-0.2, 0) is 6.42 Å². The highest BCUT2D eigenvalue weighted by Gasteiger charge is 2.34. The van der Waals surface area contributed by atoms with Gasteiger partial charge in [-0.15, -0.1) is 11.3 Å². The highest BCUT2D eigenvalue weighted by molar-refractivity contribution is 9.10. The van der Waals surface area contributed by atoms with Crippen LogP contribution < -0.4 is 5.32 Å². The third kappa shape index (κ3) is 5.69. The predicted molar refractivity (Wildman–Crippen MR) is 98.0 cm³/mol. The van der Waals surface area contributed by atoms with Crippen LogP contribution >= 0.6 is 27.3 Å². The minimum absolute atomic E-state index is 0.522. The van der Waals surface area contributed by atoms with E-state index in [1.54, 1.807) is 4.88 Å². The van der Waals surface area contributed by atoms with Crippen LogP contribution in [-0.4, -0.2) is 13.1 Å². The number of rotatable bonds is 6. The lowest BCUT2D eigenvalue weighted by Crippen LogP contribution is -2.37. The second-order valence-corrected chi connectivity index (χ2v) is 9.83. The first-order valence-electron chi connectivity index (χ1n) is 8.29. The van der Waals surface area contributed by atoms with Gasteiger partial charge in [-0.3, -0.25) is 0 Å². The quantitative estimate of drug-likeness (QED) is 0.671. The number of halogens is 1. The van der Waals surface area contributed by atoms with E-state index < -0.39 is 0 Å². The molecule has 1 aliphatic carbocycles. The summed E-state index contributed by atoms with van der Waals surface area (Å²) in [4.78, 5) is 1.54. The average Bonchev–Trinajstić information content (AvgIpc) is 2.76. The summed E-state index contributed by atoms with van der Waals surface area (Å²) >= 11 is 5.50. The minimum Gasteiger partial charge on any atom is -0.316 e. The summed E-state index contributed by atoms with van der Waals surface area (Å²) in [5.41, 5.74) is 0.522. The maximum absolute atomic E-state index is 3.70. The van der Waals surface area contributed by atoms with E-state index in [4.69, 9.17) is 0 Å². The van der Waals surface area contributed by atoms with Crippen molar-refractivity contribution in [3.8, 4) is 0 Å². The first kappa shape index (κ1) is 17.5. The van der Waals surface area contributed by atoms with E-state index in [9.17, 15) is 0 Å². The molecular weight excluding hydrogens is 342 g/mol. The van der Waals surface area contributed by atoms with Crippen molar-refractivity contribution in [3.63, 3.8) is 0 Å². The van der Waals surface area contributed by atoms with Crippen LogP contribution in [0.4, 0.5) is 0 Å². The summed E-state index contributed by atoms with van der Waals surface area (Å²) in [5, 5.41) is 5.91. The fraction of sp³-hybridized carbons (Fsp3) is 0.778. The lowest BCUT2D eigenvalue weighted by molar-refractivity contribution is 0.116. The Hall–Kier alpha value is 0.140. The lowest BCUT2D eigenvalue weighted by atomic mass is 9.66. The molecule has 1 heterocycles. The molecule has 0 aromatic carbocycles. The number of nitrogens with one attached hydrogen (secondary N) is 1. The summed E-state index contributed by atoms with van der Waals surface area (Å²) < 4.78 is 1.24. The fourth-order valence-corrected chi connectivity index (χ4v) is 5.12. The van der Waals surface area contributed by atoms with Crippen molar-refractivity contribution in [2.75, 3.05) is 13.1 Å². The molecule has 0 amide bonds. The zero-order valence-electron chi connectivity index (χ0n) is 13.9. The molecule has 1 aromatic heterocycles. The Bertz CT molecular complexity index is 438. The van der Waals surface area contributed by atoms with Crippen LogP contribution in [0, 0.1) is 23.2 Å². The standard InChI is InChI=1S/C18H30BrNS/c1-13(2)10-20-11-14-5-6-18(3,4)9-15(14)7-17-8-16(19)12-21-17/h8,12-15,20H,5-7,9-11H2,1-4H3. The van der Waals surface area contributed by atoms with Gasteiger partial charge in [-0.25, -0.2) is 0 Å². The summed E-state index contributed by atoms with van der Waals surface area (Å²) in [5.74, 6) is 2.42. The van der Waals surface area contributed by atoms with Gasteiger partial charge in [0.2, 0.25) is 0 Å². The van der Waals surface area contributed by atoms with Gasteiger partial charge in [0.25, 0.3) is 0 Å². The van der Waals surface area contributed by atoms with Crippen molar-refractivity contribution in [1.82, 2.24) is 5.32 Å². The number of hydrogen-bond donors (Lipinski definition) is 1. The van der Waals surface area contributed by atoms with E-state index in [1.165, 1.54) is 36.7 Å². The number of thiophene rings is 1. The van der Waals surface area contributed by atoms with Crippen molar-refractivity contribution >= 4 is 27.3 Å². The normalized spacial score (nSPS) is 25.4. The van der Waals surface area contributed by atoms with Crippen molar-refractivity contribution < 1.29 is 0 Å². The first-order valence-corrected chi connectivity index (χ1v) is 9.96. The fourth-order valence-electron chi connectivity index (χ4n) is 3.57. The van der Waals surface area contributed by atoms with E-state index in [0.29, 0.717) is 5.41 Å². The van der Waals surface area contributed by atoms with E-state index in [-0.39, 0.29) is 0 Å². The smallest absolute Gasteiger partial charge is 0.0285 e. The van der Waals surface area contributed by atoms with Gasteiger partial charge in [0.15, 0.2) is 0 Å². The highest BCUT2D eigenvalue weighted by atomic mass is 79.9. The topological polar surface area (TPSA) is 12.0 Å². The third-order valence-electron chi connectivity index (χ3n) is 4.72. The van der Waals surface area contributed by atoms with Gasteiger partial charge >= 0.3 is 0 Å². The van der Waals surface area contributed by atoms with Crippen molar-refractivity contribution in [3.05, 3.63) is 20.8 Å².